The lowest BCUT2D eigenvalue weighted by atomic mass is 10.3. The molecule has 13 heavy (non-hydrogen) atoms. The lowest BCUT2D eigenvalue weighted by molar-refractivity contribution is -0.141. The first-order valence-corrected chi connectivity index (χ1v) is 5.15. The molecule has 1 nitrogen and oxygen atoms in total. The number of aromatic nitrogens is 1. The Hall–Kier alpha value is -0.100. The second-order valence-electron chi connectivity index (χ2n) is 2.26. The SMILES string of the molecule is FC(F)(F)c1nc(CBr)ccc1Br. The van der Waals surface area contributed by atoms with Crippen LogP contribution in [-0.4, -0.2) is 4.98 Å². The van der Waals surface area contributed by atoms with Crippen molar-refractivity contribution in [1.29, 1.82) is 0 Å². The molecule has 0 saturated heterocycles. The van der Waals surface area contributed by atoms with Gasteiger partial charge in [-0.05, 0) is 28.1 Å². The first-order chi connectivity index (χ1) is 5.95. The molecule has 1 aromatic heterocycles. The van der Waals surface area contributed by atoms with Gasteiger partial charge in [-0.3, -0.25) is 0 Å². The van der Waals surface area contributed by atoms with Gasteiger partial charge in [-0.15, -0.1) is 0 Å². The minimum Gasteiger partial charge on any atom is -0.246 e. The molecular formula is C7H4Br2F3N. The Balaban J connectivity index is 3.19. The van der Waals surface area contributed by atoms with Gasteiger partial charge in [0.25, 0.3) is 0 Å². The van der Waals surface area contributed by atoms with E-state index >= 15 is 0 Å². The van der Waals surface area contributed by atoms with Crippen LogP contribution in [0.15, 0.2) is 16.6 Å². The van der Waals surface area contributed by atoms with Crippen LogP contribution < -0.4 is 0 Å². The van der Waals surface area contributed by atoms with Crippen LogP contribution >= 0.6 is 31.9 Å². The van der Waals surface area contributed by atoms with Crippen LogP contribution in [-0.2, 0) is 11.5 Å². The zero-order chi connectivity index (χ0) is 10.1. The quantitative estimate of drug-likeness (QED) is 0.719. The average Bonchev–Trinajstić information content (AvgIpc) is 2.03. The molecule has 0 fully saturated rings. The van der Waals surface area contributed by atoms with Gasteiger partial charge in [0.15, 0.2) is 5.69 Å². The molecule has 1 aromatic rings. The molecule has 72 valence electrons. The van der Waals surface area contributed by atoms with Crippen LogP contribution in [0.1, 0.15) is 11.4 Å². The predicted molar refractivity (Wildman–Crippen MR) is 49.6 cm³/mol. The third kappa shape index (κ3) is 2.67. The maximum atomic E-state index is 12.3. The first kappa shape index (κ1) is 11.0. The minimum atomic E-state index is -4.41. The highest BCUT2D eigenvalue weighted by Crippen LogP contribution is 2.33. The summed E-state index contributed by atoms with van der Waals surface area (Å²) in [6.45, 7) is 0. The van der Waals surface area contributed by atoms with Crippen LogP contribution in [0.4, 0.5) is 13.2 Å². The van der Waals surface area contributed by atoms with Gasteiger partial charge in [-0.1, -0.05) is 15.9 Å². The van der Waals surface area contributed by atoms with E-state index in [1.165, 1.54) is 12.1 Å². The Morgan fingerprint density at radius 1 is 1.31 bits per heavy atom. The van der Waals surface area contributed by atoms with E-state index in [2.05, 4.69) is 36.8 Å². The predicted octanol–water partition coefficient (Wildman–Crippen LogP) is 3.76. The molecule has 0 spiro atoms. The zero-order valence-corrected chi connectivity index (χ0v) is 9.37. The number of rotatable bonds is 1. The van der Waals surface area contributed by atoms with Gasteiger partial charge >= 0.3 is 6.18 Å². The molecule has 0 radical (unpaired) electrons. The van der Waals surface area contributed by atoms with Crippen molar-refractivity contribution in [2.45, 2.75) is 11.5 Å². The second kappa shape index (κ2) is 3.96. The van der Waals surface area contributed by atoms with Gasteiger partial charge in [0.05, 0.1) is 5.69 Å². The normalized spacial score (nSPS) is 11.8. The van der Waals surface area contributed by atoms with E-state index in [0.29, 0.717) is 11.0 Å². The van der Waals surface area contributed by atoms with Gasteiger partial charge < -0.3 is 0 Å². The summed E-state index contributed by atoms with van der Waals surface area (Å²) >= 11 is 5.84. The van der Waals surface area contributed by atoms with Crippen molar-refractivity contribution < 1.29 is 13.2 Å². The Kier molecular flexibility index (Phi) is 3.34. The monoisotopic (exact) mass is 317 g/mol. The van der Waals surface area contributed by atoms with E-state index in [9.17, 15) is 13.2 Å². The largest absolute Gasteiger partial charge is 0.434 e. The zero-order valence-electron chi connectivity index (χ0n) is 6.20. The summed E-state index contributed by atoms with van der Waals surface area (Å²) in [4.78, 5) is 3.44. The molecule has 1 rings (SSSR count). The number of alkyl halides is 4. The maximum Gasteiger partial charge on any atom is 0.434 e. The van der Waals surface area contributed by atoms with Crippen molar-refractivity contribution in [3.63, 3.8) is 0 Å². The molecule has 0 bridgehead atoms. The number of hydrogen-bond acceptors (Lipinski definition) is 1. The topological polar surface area (TPSA) is 12.9 Å². The fraction of sp³-hybridized carbons (Fsp3) is 0.286. The highest BCUT2D eigenvalue weighted by molar-refractivity contribution is 9.10. The summed E-state index contributed by atoms with van der Waals surface area (Å²) < 4.78 is 36.7. The van der Waals surface area contributed by atoms with Crippen LogP contribution in [0.2, 0.25) is 0 Å². The van der Waals surface area contributed by atoms with E-state index in [-0.39, 0.29) is 4.47 Å². The molecule has 0 aliphatic rings. The molecule has 0 atom stereocenters. The molecule has 0 amide bonds. The summed E-state index contributed by atoms with van der Waals surface area (Å²) in [5.41, 5.74) is -0.528. The van der Waals surface area contributed by atoms with Gasteiger partial charge in [-0.25, -0.2) is 4.98 Å². The third-order valence-electron chi connectivity index (χ3n) is 1.31. The van der Waals surface area contributed by atoms with Gasteiger partial charge in [-0.2, -0.15) is 13.2 Å². The van der Waals surface area contributed by atoms with E-state index in [4.69, 9.17) is 0 Å². The van der Waals surface area contributed by atoms with E-state index in [1.807, 2.05) is 0 Å². The summed E-state index contributed by atoms with van der Waals surface area (Å²) in [5, 5.41) is 0.309. The van der Waals surface area contributed by atoms with Gasteiger partial charge in [0.1, 0.15) is 0 Å². The summed E-state index contributed by atoms with van der Waals surface area (Å²) in [5.74, 6) is 0. The summed E-state index contributed by atoms with van der Waals surface area (Å²) in [7, 11) is 0. The minimum absolute atomic E-state index is 0.0373. The van der Waals surface area contributed by atoms with Crippen LogP contribution in [0, 0.1) is 0 Å². The average molecular weight is 319 g/mol. The Labute approximate surface area is 89.6 Å². The van der Waals surface area contributed by atoms with Crippen LogP contribution in [0.3, 0.4) is 0 Å². The van der Waals surface area contributed by atoms with Crippen LogP contribution in [0.5, 0.6) is 0 Å². The molecule has 0 saturated carbocycles. The number of pyridine rings is 1. The fourth-order valence-electron chi connectivity index (χ4n) is 0.756. The Morgan fingerprint density at radius 3 is 2.38 bits per heavy atom. The summed E-state index contributed by atoms with van der Waals surface area (Å²) in [6.07, 6.45) is -4.41. The first-order valence-electron chi connectivity index (χ1n) is 3.23. The molecule has 6 heteroatoms. The van der Waals surface area contributed by atoms with Crippen molar-refractivity contribution in [1.82, 2.24) is 4.98 Å². The second-order valence-corrected chi connectivity index (χ2v) is 3.68. The Bertz CT molecular complexity index is 311. The van der Waals surface area contributed by atoms with Crippen molar-refractivity contribution in [3.05, 3.63) is 28.0 Å². The standard InChI is InChI=1S/C7H4Br2F3N/c8-3-4-1-2-5(9)6(13-4)7(10,11)12/h1-2H,3H2. The van der Waals surface area contributed by atoms with Gasteiger partial charge in [0, 0.05) is 9.80 Å². The van der Waals surface area contributed by atoms with Crippen molar-refractivity contribution >= 4 is 31.9 Å². The smallest absolute Gasteiger partial charge is 0.246 e. The molecule has 0 aliphatic carbocycles. The van der Waals surface area contributed by atoms with E-state index in [1.54, 1.807) is 0 Å². The summed E-state index contributed by atoms with van der Waals surface area (Å²) in [6, 6.07) is 2.86. The van der Waals surface area contributed by atoms with Gasteiger partial charge in [0.2, 0.25) is 0 Å². The number of hydrogen-bond donors (Lipinski definition) is 0. The highest BCUT2D eigenvalue weighted by Gasteiger charge is 2.35. The molecule has 1 heterocycles. The lowest BCUT2D eigenvalue weighted by Gasteiger charge is -2.08. The number of halogens is 5. The van der Waals surface area contributed by atoms with Crippen LogP contribution in [0.25, 0.3) is 0 Å². The molecular weight excluding hydrogens is 315 g/mol. The van der Waals surface area contributed by atoms with E-state index in [0.717, 1.165) is 0 Å². The molecule has 0 aliphatic heterocycles. The van der Waals surface area contributed by atoms with Crippen molar-refractivity contribution in [3.8, 4) is 0 Å². The fourth-order valence-corrected chi connectivity index (χ4v) is 1.51. The Morgan fingerprint density at radius 2 is 1.92 bits per heavy atom. The molecule has 0 unspecified atom stereocenters. The number of nitrogens with zero attached hydrogens (tertiary/aromatic N) is 1. The highest BCUT2D eigenvalue weighted by atomic mass is 79.9. The molecule has 0 N–H and O–H groups in total. The van der Waals surface area contributed by atoms with Crippen molar-refractivity contribution in [2.75, 3.05) is 0 Å². The molecule has 0 aromatic carbocycles. The van der Waals surface area contributed by atoms with E-state index < -0.39 is 11.9 Å². The van der Waals surface area contributed by atoms with Crippen molar-refractivity contribution in [2.24, 2.45) is 0 Å². The lowest BCUT2D eigenvalue weighted by Crippen LogP contribution is -2.10. The third-order valence-corrected chi connectivity index (χ3v) is 2.52. The maximum absolute atomic E-state index is 12.3.